The third-order valence-electron chi connectivity index (χ3n) is 3.81. The second-order valence-corrected chi connectivity index (χ2v) is 7.76. The highest BCUT2D eigenvalue weighted by molar-refractivity contribution is 6.80. The SMILES string of the molecule is CC(O[SiH](c1ccccc1)c1ccccc1)c1ccccc1. The van der Waals surface area contributed by atoms with Crippen molar-refractivity contribution in [3.8, 4) is 0 Å². The van der Waals surface area contributed by atoms with Crippen LogP contribution in [0.1, 0.15) is 18.6 Å². The summed E-state index contributed by atoms with van der Waals surface area (Å²) in [5.74, 6) is 0. The molecule has 0 aromatic heterocycles. The van der Waals surface area contributed by atoms with Crippen LogP contribution in [-0.4, -0.2) is 9.04 Å². The Morgan fingerprint density at radius 3 is 1.50 bits per heavy atom. The van der Waals surface area contributed by atoms with Crippen LogP contribution >= 0.6 is 0 Å². The Morgan fingerprint density at radius 1 is 0.636 bits per heavy atom. The van der Waals surface area contributed by atoms with Gasteiger partial charge in [0.15, 0.2) is 0 Å². The number of benzene rings is 3. The van der Waals surface area contributed by atoms with E-state index >= 15 is 0 Å². The first kappa shape index (κ1) is 14.8. The van der Waals surface area contributed by atoms with Crippen molar-refractivity contribution in [3.63, 3.8) is 0 Å². The van der Waals surface area contributed by atoms with Gasteiger partial charge in [0.05, 0.1) is 6.10 Å². The molecular formula is C20H20OSi. The molecule has 0 aliphatic heterocycles. The van der Waals surface area contributed by atoms with Crippen molar-refractivity contribution in [2.24, 2.45) is 0 Å². The Labute approximate surface area is 133 Å². The molecule has 3 rings (SSSR count). The molecule has 0 aliphatic carbocycles. The number of rotatable bonds is 5. The fraction of sp³-hybridized carbons (Fsp3) is 0.100. The largest absolute Gasteiger partial charge is 0.404 e. The Morgan fingerprint density at radius 2 is 1.05 bits per heavy atom. The first-order valence-corrected chi connectivity index (χ1v) is 9.27. The summed E-state index contributed by atoms with van der Waals surface area (Å²) in [6.07, 6.45) is 0.0956. The molecule has 22 heavy (non-hydrogen) atoms. The maximum absolute atomic E-state index is 6.55. The molecule has 1 atom stereocenters. The third kappa shape index (κ3) is 3.53. The molecule has 0 fully saturated rings. The Bertz CT molecular complexity index is 643. The minimum absolute atomic E-state index is 0.0956. The van der Waals surface area contributed by atoms with Crippen molar-refractivity contribution in [3.05, 3.63) is 96.6 Å². The summed E-state index contributed by atoms with van der Waals surface area (Å²) in [6, 6.07) is 31.6. The summed E-state index contributed by atoms with van der Waals surface area (Å²) < 4.78 is 6.55. The molecule has 3 aromatic rings. The van der Waals surface area contributed by atoms with Gasteiger partial charge >= 0.3 is 0 Å². The zero-order chi connectivity index (χ0) is 15.2. The highest BCUT2D eigenvalue weighted by atomic mass is 28.3. The lowest BCUT2D eigenvalue weighted by atomic mass is 10.1. The predicted octanol–water partition coefficient (Wildman–Crippen LogP) is 3.30. The molecule has 110 valence electrons. The molecule has 0 radical (unpaired) electrons. The van der Waals surface area contributed by atoms with Gasteiger partial charge in [-0.15, -0.1) is 0 Å². The van der Waals surface area contributed by atoms with E-state index in [2.05, 4.69) is 91.9 Å². The topological polar surface area (TPSA) is 9.23 Å². The fourth-order valence-electron chi connectivity index (χ4n) is 2.61. The second kappa shape index (κ2) is 7.21. The van der Waals surface area contributed by atoms with Gasteiger partial charge in [0.1, 0.15) is 0 Å². The molecule has 1 nitrogen and oxygen atoms in total. The van der Waals surface area contributed by atoms with E-state index in [4.69, 9.17) is 4.43 Å². The first-order valence-electron chi connectivity index (χ1n) is 7.65. The maximum atomic E-state index is 6.55. The van der Waals surface area contributed by atoms with Gasteiger partial charge in [-0.3, -0.25) is 0 Å². The highest BCUT2D eigenvalue weighted by Gasteiger charge is 2.20. The summed E-state index contributed by atoms with van der Waals surface area (Å²) in [5, 5.41) is 2.63. The third-order valence-corrected chi connectivity index (χ3v) is 6.48. The van der Waals surface area contributed by atoms with Gasteiger partial charge in [-0.2, -0.15) is 0 Å². The zero-order valence-electron chi connectivity index (χ0n) is 12.7. The zero-order valence-corrected chi connectivity index (χ0v) is 13.9. The van der Waals surface area contributed by atoms with Crippen LogP contribution < -0.4 is 10.4 Å². The molecule has 0 saturated heterocycles. The average Bonchev–Trinajstić information content (AvgIpc) is 2.62. The van der Waals surface area contributed by atoms with Gasteiger partial charge in [-0.05, 0) is 22.9 Å². The molecule has 0 saturated carbocycles. The highest BCUT2D eigenvalue weighted by Crippen LogP contribution is 2.17. The normalized spacial score (nSPS) is 12.3. The standard InChI is InChI=1S/C20H20OSi/c1-17(18-11-5-2-6-12-18)21-22(19-13-7-3-8-14-19)20-15-9-4-10-16-20/h2-17,22H,1H3. The summed E-state index contributed by atoms with van der Waals surface area (Å²) in [6.45, 7) is 2.14. The van der Waals surface area contributed by atoms with Crippen molar-refractivity contribution in [2.75, 3.05) is 0 Å². The van der Waals surface area contributed by atoms with Gasteiger partial charge < -0.3 is 4.43 Å². The average molecular weight is 304 g/mol. The molecule has 1 unspecified atom stereocenters. The van der Waals surface area contributed by atoms with Crippen LogP contribution in [0, 0.1) is 0 Å². The van der Waals surface area contributed by atoms with Crippen molar-refractivity contribution in [2.45, 2.75) is 13.0 Å². The lowest BCUT2D eigenvalue weighted by Gasteiger charge is -2.22. The minimum atomic E-state index is -1.68. The van der Waals surface area contributed by atoms with E-state index in [1.165, 1.54) is 15.9 Å². The van der Waals surface area contributed by atoms with E-state index < -0.39 is 9.04 Å². The fourth-order valence-corrected chi connectivity index (χ4v) is 5.02. The summed E-state index contributed by atoms with van der Waals surface area (Å²) in [5.41, 5.74) is 1.23. The van der Waals surface area contributed by atoms with Crippen LogP contribution in [0.15, 0.2) is 91.0 Å². The summed E-state index contributed by atoms with van der Waals surface area (Å²) >= 11 is 0. The van der Waals surface area contributed by atoms with Gasteiger partial charge in [0, 0.05) is 0 Å². The first-order chi connectivity index (χ1) is 10.8. The molecule has 0 aliphatic rings. The minimum Gasteiger partial charge on any atom is -0.404 e. The molecule has 0 spiro atoms. The molecule has 2 heteroatoms. The van der Waals surface area contributed by atoms with Crippen LogP contribution in [0.2, 0.25) is 0 Å². The smallest absolute Gasteiger partial charge is 0.240 e. The van der Waals surface area contributed by atoms with Gasteiger partial charge in [-0.1, -0.05) is 91.0 Å². The predicted molar refractivity (Wildman–Crippen MR) is 95.2 cm³/mol. The van der Waals surface area contributed by atoms with E-state index in [0.717, 1.165) is 0 Å². The van der Waals surface area contributed by atoms with Crippen molar-refractivity contribution < 1.29 is 4.43 Å². The van der Waals surface area contributed by atoms with Gasteiger partial charge in [0.25, 0.3) is 0 Å². The van der Waals surface area contributed by atoms with Crippen molar-refractivity contribution in [1.82, 2.24) is 0 Å². The molecule has 0 bridgehead atoms. The van der Waals surface area contributed by atoms with E-state index in [1.807, 2.05) is 6.07 Å². The van der Waals surface area contributed by atoms with E-state index in [0.29, 0.717) is 0 Å². The lowest BCUT2D eigenvalue weighted by Crippen LogP contribution is -2.45. The van der Waals surface area contributed by atoms with E-state index in [-0.39, 0.29) is 6.10 Å². The number of hydrogen-bond acceptors (Lipinski definition) is 1. The second-order valence-electron chi connectivity index (χ2n) is 5.39. The van der Waals surface area contributed by atoms with Crippen LogP contribution in [0.25, 0.3) is 0 Å². The van der Waals surface area contributed by atoms with Crippen LogP contribution in [0.3, 0.4) is 0 Å². The molecule has 0 N–H and O–H groups in total. The molecule has 0 heterocycles. The quantitative estimate of drug-likeness (QED) is 0.657. The van der Waals surface area contributed by atoms with Crippen LogP contribution in [0.4, 0.5) is 0 Å². The Kier molecular flexibility index (Phi) is 4.84. The molecular weight excluding hydrogens is 284 g/mol. The van der Waals surface area contributed by atoms with E-state index in [1.54, 1.807) is 0 Å². The van der Waals surface area contributed by atoms with E-state index in [9.17, 15) is 0 Å². The number of hydrogen-bond donors (Lipinski definition) is 0. The monoisotopic (exact) mass is 304 g/mol. The Balaban J connectivity index is 1.90. The van der Waals surface area contributed by atoms with Gasteiger partial charge in [-0.25, -0.2) is 0 Å². The van der Waals surface area contributed by atoms with Crippen molar-refractivity contribution >= 4 is 19.4 Å². The maximum Gasteiger partial charge on any atom is 0.240 e. The molecule has 0 amide bonds. The summed E-state index contributed by atoms with van der Waals surface area (Å²) in [7, 11) is -1.68. The molecule has 3 aromatic carbocycles. The van der Waals surface area contributed by atoms with Crippen molar-refractivity contribution in [1.29, 1.82) is 0 Å². The van der Waals surface area contributed by atoms with Crippen LogP contribution in [0.5, 0.6) is 0 Å². The van der Waals surface area contributed by atoms with Crippen LogP contribution in [-0.2, 0) is 4.43 Å². The van der Waals surface area contributed by atoms with Gasteiger partial charge in [0.2, 0.25) is 9.04 Å². The lowest BCUT2D eigenvalue weighted by molar-refractivity contribution is 0.237. The summed E-state index contributed by atoms with van der Waals surface area (Å²) in [4.78, 5) is 0. The Hall–Kier alpha value is -2.16.